The van der Waals surface area contributed by atoms with Crippen LogP contribution < -0.4 is 5.32 Å². The lowest BCUT2D eigenvalue weighted by Gasteiger charge is -2.19. The van der Waals surface area contributed by atoms with Gasteiger partial charge in [0.15, 0.2) is 5.82 Å². The number of anilines is 1. The van der Waals surface area contributed by atoms with Crippen molar-refractivity contribution in [3.63, 3.8) is 0 Å². The molecule has 1 amide bonds. The molecule has 0 radical (unpaired) electrons. The van der Waals surface area contributed by atoms with E-state index < -0.39 is 11.7 Å². The van der Waals surface area contributed by atoms with Gasteiger partial charge >= 0.3 is 6.09 Å². The third-order valence-corrected chi connectivity index (χ3v) is 2.46. The molecule has 110 valence electrons. The van der Waals surface area contributed by atoms with E-state index >= 15 is 0 Å². The van der Waals surface area contributed by atoms with Crippen molar-refractivity contribution in [2.75, 3.05) is 5.32 Å². The van der Waals surface area contributed by atoms with E-state index in [0.717, 1.165) is 11.1 Å². The Bertz CT molecular complexity index is 638. The minimum absolute atomic E-state index is 0.373. The molecule has 0 unspecified atom stereocenters. The quantitative estimate of drug-likeness (QED) is 0.913. The second kappa shape index (κ2) is 5.82. The Kier molecular flexibility index (Phi) is 4.11. The van der Waals surface area contributed by atoms with Gasteiger partial charge in [0.05, 0.1) is 6.20 Å². The average Bonchev–Trinajstić information content (AvgIpc) is 2.40. The molecule has 0 aliphatic rings. The molecule has 0 aliphatic heterocycles. The van der Waals surface area contributed by atoms with E-state index in [-0.39, 0.29) is 0 Å². The monoisotopic (exact) mass is 287 g/mol. The fourth-order valence-electron chi connectivity index (χ4n) is 1.61. The van der Waals surface area contributed by atoms with Gasteiger partial charge in [0.25, 0.3) is 0 Å². The summed E-state index contributed by atoms with van der Waals surface area (Å²) in [7, 11) is 0. The number of hydrogen-bond donors (Lipinski definition) is 1. The molecule has 0 aliphatic carbocycles. The van der Waals surface area contributed by atoms with E-state index in [0.29, 0.717) is 11.6 Å². The largest absolute Gasteiger partial charge is 0.444 e. The number of nitrogens with zero attached hydrogens (tertiary/aromatic N) is 4. The molecule has 0 bridgehead atoms. The molecular formula is C14H17N5O2. The summed E-state index contributed by atoms with van der Waals surface area (Å²) in [6.07, 6.45) is 4.14. The van der Waals surface area contributed by atoms with Crippen LogP contribution in [0.25, 0.3) is 11.4 Å². The topological polar surface area (TPSA) is 89.9 Å². The zero-order valence-electron chi connectivity index (χ0n) is 12.4. The van der Waals surface area contributed by atoms with Gasteiger partial charge in [-0.1, -0.05) is 0 Å². The second-order valence-corrected chi connectivity index (χ2v) is 5.48. The Morgan fingerprint density at radius 3 is 2.62 bits per heavy atom. The third-order valence-electron chi connectivity index (χ3n) is 2.46. The first-order valence-electron chi connectivity index (χ1n) is 6.46. The number of rotatable bonds is 2. The SMILES string of the molecule is Cc1cnc(NC(=O)OC(C)(C)C)cc1-c1nccnn1. The van der Waals surface area contributed by atoms with Crippen molar-refractivity contribution >= 4 is 11.9 Å². The van der Waals surface area contributed by atoms with Gasteiger partial charge in [0.2, 0.25) is 0 Å². The summed E-state index contributed by atoms with van der Waals surface area (Å²) in [5.74, 6) is 0.849. The van der Waals surface area contributed by atoms with Gasteiger partial charge in [-0.25, -0.2) is 14.8 Å². The maximum Gasteiger partial charge on any atom is 0.413 e. The third kappa shape index (κ3) is 4.20. The molecule has 1 N–H and O–H groups in total. The van der Waals surface area contributed by atoms with Crippen molar-refractivity contribution in [3.8, 4) is 11.4 Å². The Balaban J connectivity index is 2.22. The van der Waals surface area contributed by atoms with Crippen LogP contribution in [-0.2, 0) is 4.74 Å². The van der Waals surface area contributed by atoms with Crippen molar-refractivity contribution in [2.45, 2.75) is 33.3 Å². The fourth-order valence-corrected chi connectivity index (χ4v) is 1.61. The predicted octanol–water partition coefficient (Wildman–Crippen LogP) is 2.59. The highest BCUT2D eigenvalue weighted by molar-refractivity contribution is 5.84. The molecule has 2 aromatic rings. The lowest BCUT2D eigenvalue weighted by Crippen LogP contribution is -2.27. The number of pyridine rings is 1. The normalized spacial score (nSPS) is 11.0. The van der Waals surface area contributed by atoms with Crippen molar-refractivity contribution < 1.29 is 9.53 Å². The van der Waals surface area contributed by atoms with Crippen molar-refractivity contribution in [1.82, 2.24) is 20.2 Å². The molecule has 2 rings (SSSR count). The lowest BCUT2D eigenvalue weighted by molar-refractivity contribution is 0.0635. The van der Waals surface area contributed by atoms with Crippen LogP contribution in [0, 0.1) is 6.92 Å². The standard InChI is InChI=1S/C14H17N5O2/c1-9-8-16-11(18-13(20)21-14(2,3)4)7-10(9)12-15-5-6-17-19-12/h5-8H,1-4H3,(H,16,18,20). The van der Waals surface area contributed by atoms with Crippen LogP contribution in [0.2, 0.25) is 0 Å². The van der Waals surface area contributed by atoms with Crippen LogP contribution in [0.1, 0.15) is 26.3 Å². The molecule has 21 heavy (non-hydrogen) atoms. The first-order valence-corrected chi connectivity index (χ1v) is 6.46. The molecular weight excluding hydrogens is 270 g/mol. The molecule has 0 atom stereocenters. The highest BCUT2D eigenvalue weighted by Gasteiger charge is 2.17. The van der Waals surface area contributed by atoms with E-state index in [1.165, 1.54) is 6.20 Å². The van der Waals surface area contributed by atoms with Crippen LogP contribution in [0.4, 0.5) is 10.6 Å². The van der Waals surface area contributed by atoms with Gasteiger partial charge in [-0.2, -0.15) is 5.10 Å². The summed E-state index contributed by atoms with van der Waals surface area (Å²) < 4.78 is 5.18. The number of nitrogens with one attached hydrogen (secondary N) is 1. The number of carbonyl (C=O) groups is 1. The Hall–Kier alpha value is -2.57. The number of hydrogen-bond acceptors (Lipinski definition) is 6. The molecule has 0 saturated carbocycles. The zero-order valence-corrected chi connectivity index (χ0v) is 12.4. The smallest absolute Gasteiger partial charge is 0.413 e. The highest BCUT2D eigenvalue weighted by atomic mass is 16.6. The van der Waals surface area contributed by atoms with Crippen molar-refractivity contribution in [2.24, 2.45) is 0 Å². The molecule has 2 heterocycles. The summed E-state index contributed by atoms with van der Waals surface area (Å²) in [6.45, 7) is 7.27. The molecule has 7 nitrogen and oxygen atoms in total. The summed E-state index contributed by atoms with van der Waals surface area (Å²) in [4.78, 5) is 20.0. The minimum atomic E-state index is -0.565. The summed E-state index contributed by atoms with van der Waals surface area (Å²) in [5.41, 5.74) is 1.08. The Labute approximate surface area is 122 Å². The number of carbonyl (C=O) groups excluding carboxylic acids is 1. The van der Waals surface area contributed by atoms with Crippen LogP contribution in [0.5, 0.6) is 0 Å². The number of aromatic nitrogens is 4. The van der Waals surface area contributed by atoms with E-state index in [4.69, 9.17) is 4.74 Å². The van der Waals surface area contributed by atoms with Crippen molar-refractivity contribution in [1.29, 1.82) is 0 Å². The lowest BCUT2D eigenvalue weighted by atomic mass is 10.1. The molecule has 0 fully saturated rings. The maximum atomic E-state index is 11.7. The maximum absolute atomic E-state index is 11.7. The average molecular weight is 287 g/mol. The van der Waals surface area contributed by atoms with Crippen LogP contribution >= 0.6 is 0 Å². The Morgan fingerprint density at radius 1 is 1.24 bits per heavy atom. The minimum Gasteiger partial charge on any atom is -0.444 e. The van der Waals surface area contributed by atoms with Gasteiger partial charge in [-0.3, -0.25) is 5.32 Å². The first kappa shape index (κ1) is 14.8. The van der Waals surface area contributed by atoms with E-state index in [2.05, 4.69) is 25.5 Å². The van der Waals surface area contributed by atoms with Gasteiger partial charge in [-0.15, -0.1) is 5.10 Å². The van der Waals surface area contributed by atoms with Gasteiger partial charge in [0.1, 0.15) is 11.4 Å². The van der Waals surface area contributed by atoms with Gasteiger partial charge in [0, 0.05) is 18.0 Å². The zero-order chi connectivity index (χ0) is 15.5. The molecule has 0 spiro atoms. The van der Waals surface area contributed by atoms with E-state index in [1.54, 1.807) is 39.2 Å². The summed E-state index contributed by atoms with van der Waals surface area (Å²) >= 11 is 0. The van der Waals surface area contributed by atoms with Crippen LogP contribution in [-0.4, -0.2) is 31.9 Å². The molecule has 0 aromatic carbocycles. The first-order chi connectivity index (χ1) is 9.85. The molecule has 2 aromatic heterocycles. The number of ether oxygens (including phenoxy) is 1. The van der Waals surface area contributed by atoms with E-state index in [9.17, 15) is 4.79 Å². The van der Waals surface area contributed by atoms with Crippen LogP contribution in [0.3, 0.4) is 0 Å². The van der Waals surface area contributed by atoms with Gasteiger partial charge in [-0.05, 0) is 39.3 Å². The Morgan fingerprint density at radius 2 is 2.00 bits per heavy atom. The second-order valence-electron chi connectivity index (χ2n) is 5.48. The number of amides is 1. The van der Waals surface area contributed by atoms with E-state index in [1.807, 2.05) is 6.92 Å². The van der Waals surface area contributed by atoms with Crippen LogP contribution in [0.15, 0.2) is 24.7 Å². The molecule has 0 saturated heterocycles. The predicted molar refractivity (Wildman–Crippen MR) is 77.7 cm³/mol. The van der Waals surface area contributed by atoms with Gasteiger partial charge < -0.3 is 4.74 Å². The number of aryl methyl sites for hydroxylation is 1. The summed E-state index contributed by atoms with van der Waals surface area (Å²) in [6, 6.07) is 1.69. The fraction of sp³-hybridized carbons (Fsp3) is 0.357. The van der Waals surface area contributed by atoms with Crippen molar-refractivity contribution in [3.05, 3.63) is 30.2 Å². The highest BCUT2D eigenvalue weighted by Crippen LogP contribution is 2.21. The summed E-state index contributed by atoms with van der Waals surface area (Å²) in [5, 5.41) is 10.3. The molecule has 7 heteroatoms.